The molecular weight excluding hydrogens is 272 g/mol. The third kappa shape index (κ3) is 4.59. The normalized spacial score (nSPS) is 15.4. The molecule has 0 radical (unpaired) electrons. The fraction of sp³-hybridized carbons (Fsp3) is 0.538. The lowest BCUT2D eigenvalue weighted by molar-refractivity contribution is -0.385. The number of nitrogens with one attached hydrogen (secondary N) is 2. The summed E-state index contributed by atoms with van der Waals surface area (Å²) >= 11 is 0. The molecule has 0 amide bonds. The Labute approximate surface area is 123 Å². The first-order chi connectivity index (χ1) is 10.2. The first kappa shape index (κ1) is 15.0. The van der Waals surface area contributed by atoms with Gasteiger partial charge in [0.25, 0.3) is 0 Å². The van der Waals surface area contributed by atoms with Crippen LogP contribution in [0, 0.1) is 10.1 Å². The second-order valence-corrected chi connectivity index (χ2v) is 4.76. The average Bonchev–Trinajstić information content (AvgIpc) is 3.10. The van der Waals surface area contributed by atoms with Crippen LogP contribution < -0.4 is 10.6 Å². The van der Waals surface area contributed by atoms with Crippen LogP contribution in [0.5, 0.6) is 0 Å². The molecule has 1 aromatic rings. The zero-order valence-corrected chi connectivity index (χ0v) is 12.0. The molecule has 0 fully saturated rings. The van der Waals surface area contributed by atoms with Crippen LogP contribution in [0.1, 0.15) is 19.8 Å². The van der Waals surface area contributed by atoms with Crippen molar-refractivity contribution in [2.75, 3.05) is 13.1 Å². The summed E-state index contributed by atoms with van der Waals surface area (Å²) in [6, 6.07) is 0.397. The molecule has 2 N–H and O–H groups in total. The van der Waals surface area contributed by atoms with E-state index < -0.39 is 4.92 Å². The van der Waals surface area contributed by atoms with Gasteiger partial charge in [0.05, 0.1) is 18.0 Å². The van der Waals surface area contributed by atoms with Gasteiger partial charge >= 0.3 is 5.69 Å². The van der Waals surface area contributed by atoms with Gasteiger partial charge in [-0.2, -0.15) is 5.10 Å². The van der Waals surface area contributed by atoms with E-state index in [1.54, 1.807) is 0 Å². The Kier molecular flexibility index (Phi) is 5.30. The van der Waals surface area contributed by atoms with Crippen LogP contribution in [0.25, 0.3) is 0 Å². The topological polar surface area (TPSA) is 97.4 Å². The van der Waals surface area contributed by atoms with Crippen molar-refractivity contribution in [2.45, 2.75) is 32.4 Å². The molecule has 0 bridgehead atoms. The lowest BCUT2D eigenvalue weighted by atomic mass is 10.2. The van der Waals surface area contributed by atoms with E-state index in [-0.39, 0.29) is 5.69 Å². The summed E-state index contributed by atoms with van der Waals surface area (Å²) in [5, 5.41) is 21.1. The van der Waals surface area contributed by atoms with E-state index in [9.17, 15) is 10.1 Å². The van der Waals surface area contributed by atoms with E-state index in [1.807, 2.05) is 6.92 Å². The number of aliphatic imine (C=N–C) groups is 1. The van der Waals surface area contributed by atoms with Crippen molar-refractivity contribution in [1.82, 2.24) is 20.4 Å². The molecule has 21 heavy (non-hydrogen) atoms. The summed E-state index contributed by atoms with van der Waals surface area (Å²) in [4.78, 5) is 14.6. The van der Waals surface area contributed by atoms with E-state index in [1.165, 1.54) is 17.1 Å². The number of nitro groups is 1. The van der Waals surface area contributed by atoms with Crippen molar-refractivity contribution in [3.63, 3.8) is 0 Å². The monoisotopic (exact) mass is 292 g/mol. The molecule has 0 atom stereocenters. The number of guanidine groups is 1. The molecule has 0 spiro atoms. The highest BCUT2D eigenvalue weighted by atomic mass is 16.6. The maximum absolute atomic E-state index is 10.6. The highest BCUT2D eigenvalue weighted by Gasteiger charge is 2.11. The van der Waals surface area contributed by atoms with Crippen molar-refractivity contribution in [1.29, 1.82) is 0 Å². The lowest BCUT2D eigenvalue weighted by Crippen LogP contribution is -2.42. The summed E-state index contributed by atoms with van der Waals surface area (Å²) < 4.78 is 1.53. The third-order valence-corrected chi connectivity index (χ3v) is 3.12. The predicted molar refractivity (Wildman–Crippen MR) is 80.2 cm³/mol. The Hall–Kier alpha value is -2.38. The molecule has 0 saturated carbocycles. The Bertz CT molecular complexity index is 529. The van der Waals surface area contributed by atoms with Crippen LogP contribution in [0.15, 0.2) is 29.5 Å². The maximum atomic E-state index is 10.6. The number of rotatable bonds is 6. The molecule has 0 aromatic carbocycles. The van der Waals surface area contributed by atoms with E-state index in [4.69, 9.17) is 0 Å². The van der Waals surface area contributed by atoms with Crippen LogP contribution in [0.3, 0.4) is 0 Å². The van der Waals surface area contributed by atoms with Gasteiger partial charge in [-0.15, -0.1) is 0 Å². The second kappa shape index (κ2) is 7.41. The molecule has 8 nitrogen and oxygen atoms in total. The number of hydrogen-bond donors (Lipinski definition) is 2. The van der Waals surface area contributed by atoms with Gasteiger partial charge in [-0.3, -0.25) is 19.8 Å². The number of aromatic nitrogens is 2. The molecule has 0 saturated heterocycles. The van der Waals surface area contributed by atoms with Gasteiger partial charge in [0.15, 0.2) is 5.96 Å². The quantitative estimate of drug-likeness (QED) is 0.269. The van der Waals surface area contributed by atoms with Crippen molar-refractivity contribution in [3.8, 4) is 0 Å². The fourth-order valence-electron chi connectivity index (χ4n) is 2.08. The summed E-state index contributed by atoms with van der Waals surface area (Å²) in [6.45, 7) is 3.82. The molecule has 2 rings (SSSR count). The minimum absolute atomic E-state index is 0.000964. The molecule has 1 heterocycles. The van der Waals surface area contributed by atoms with Gasteiger partial charge in [-0.1, -0.05) is 12.2 Å². The maximum Gasteiger partial charge on any atom is 0.306 e. The molecule has 8 heteroatoms. The highest BCUT2D eigenvalue weighted by molar-refractivity contribution is 5.80. The largest absolute Gasteiger partial charge is 0.357 e. The van der Waals surface area contributed by atoms with Crippen LogP contribution in [-0.2, 0) is 6.54 Å². The number of hydrogen-bond acceptors (Lipinski definition) is 4. The summed E-state index contributed by atoms with van der Waals surface area (Å²) in [7, 11) is 0. The first-order valence-electron chi connectivity index (χ1n) is 7.05. The van der Waals surface area contributed by atoms with Gasteiger partial charge in [0.2, 0.25) is 0 Å². The minimum atomic E-state index is -0.453. The molecule has 1 aliphatic carbocycles. The third-order valence-electron chi connectivity index (χ3n) is 3.12. The molecule has 1 aromatic heterocycles. The van der Waals surface area contributed by atoms with Gasteiger partial charge in [-0.25, -0.2) is 0 Å². The molecule has 0 unspecified atom stereocenters. The first-order valence-corrected chi connectivity index (χ1v) is 7.05. The lowest BCUT2D eigenvalue weighted by Gasteiger charge is -2.16. The standard InChI is InChI=1S/C13H20N6O2/c1-2-14-13(17-11-5-3-4-6-11)15-7-8-18-10-12(9-16-18)19(20)21/h3-4,9-11H,2,5-8H2,1H3,(H2,14,15,17). The summed E-state index contributed by atoms with van der Waals surface area (Å²) in [5.74, 6) is 0.771. The SMILES string of the molecule is CCNC(=NCCn1cc([N+](=O)[O-])cn1)NC1CC=CC1. The smallest absolute Gasteiger partial charge is 0.306 e. The van der Waals surface area contributed by atoms with Crippen LogP contribution in [0.2, 0.25) is 0 Å². The Morgan fingerprint density at radius 3 is 2.95 bits per heavy atom. The minimum Gasteiger partial charge on any atom is -0.357 e. The van der Waals surface area contributed by atoms with E-state index >= 15 is 0 Å². The Morgan fingerprint density at radius 1 is 1.57 bits per heavy atom. The van der Waals surface area contributed by atoms with Crippen molar-refractivity contribution in [2.24, 2.45) is 4.99 Å². The molecule has 1 aliphatic rings. The number of nitrogens with zero attached hydrogens (tertiary/aromatic N) is 4. The van der Waals surface area contributed by atoms with E-state index in [0.29, 0.717) is 19.1 Å². The fourth-order valence-corrected chi connectivity index (χ4v) is 2.08. The zero-order chi connectivity index (χ0) is 15.1. The van der Waals surface area contributed by atoms with Crippen LogP contribution in [0.4, 0.5) is 5.69 Å². The van der Waals surface area contributed by atoms with E-state index in [2.05, 4.69) is 32.9 Å². The molecular formula is C13H20N6O2. The van der Waals surface area contributed by atoms with Crippen molar-refractivity contribution in [3.05, 3.63) is 34.7 Å². The summed E-state index contributed by atoms with van der Waals surface area (Å²) in [6.07, 6.45) is 8.99. The van der Waals surface area contributed by atoms with Crippen LogP contribution in [-0.4, -0.2) is 39.8 Å². The van der Waals surface area contributed by atoms with Gasteiger partial charge in [-0.05, 0) is 19.8 Å². The van der Waals surface area contributed by atoms with Crippen molar-refractivity contribution >= 4 is 11.6 Å². The zero-order valence-electron chi connectivity index (χ0n) is 12.0. The average molecular weight is 292 g/mol. The van der Waals surface area contributed by atoms with Crippen molar-refractivity contribution < 1.29 is 4.92 Å². The predicted octanol–water partition coefficient (Wildman–Crippen LogP) is 1.06. The highest BCUT2D eigenvalue weighted by Crippen LogP contribution is 2.09. The van der Waals surface area contributed by atoms with E-state index in [0.717, 1.165) is 25.3 Å². The molecule has 114 valence electrons. The second-order valence-electron chi connectivity index (χ2n) is 4.76. The van der Waals surface area contributed by atoms with Gasteiger partial charge in [0.1, 0.15) is 12.4 Å². The van der Waals surface area contributed by atoms with Gasteiger partial charge < -0.3 is 10.6 Å². The van der Waals surface area contributed by atoms with Gasteiger partial charge in [0, 0.05) is 12.6 Å². The van der Waals surface area contributed by atoms with Crippen LogP contribution >= 0.6 is 0 Å². The summed E-state index contributed by atoms with van der Waals surface area (Å²) in [5.41, 5.74) is 0.000964. The molecule has 0 aliphatic heterocycles. The Morgan fingerprint density at radius 2 is 2.33 bits per heavy atom. The Balaban J connectivity index is 1.84.